The van der Waals surface area contributed by atoms with Gasteiger partial charge in [0.15, 0.2) is 0 Å². The molecule has 0 unspecified atom stereocenters. The zero-order valence-electron chi connectivity index (χ0n) is 12.6. The number of hydrogen-bond acceptors (Lipinski definition) is 0. The van der Waals surface area contributed by atoms with Crippen LogP contribution < -0.4 is 37.2 Å². The smallest absolute Gasteiger partial charge is 0 e. The van der Waals surface area contributed by atoms with E-state index in [0.29, 0.717) is 0 Å². The molecular weight excluding hydrogens is 508 g/mol. The van der Waals surface area contributed by atoms with E-state index < -0.39 is 0 Å². The van der Waals surface area contributed by atoms with Gasteiger partial charge in [0.25, 0.3) is 0 Å². The van der Waals surface area contributed by atoms with Crippen molar-refractivity contribution in [3.8, 4) is 0 Å². The minimum Gasteiger partial charge on any atom is -1.00 e. The second-order valence-corrected chi connectivity index (χ2v) is 6.86. The van der Waals surface area contributed by atoms with Crippen molar-refractivity contribution in [2.24, 2.45) is 0 Å². The van der Waals surface area contributed by atoms with E-state index in [1.54, 1.807) is 0 Å². The molecule has 21 heavy (non-hydrogen) atoms. The molecule has 0 nitrogen and oxygen atoms in total. The molecule has 1 aliphatic carbocycles. The largest absolute Gasteiger partial charge is 1.00 e. The van der Waals surface area contributed by atoms with Crippen molar-refractivity contribution in [3.05, 3.63) is 66.1 Å². The zero-order valence-corrected chi connectivity index (χ0v) is 19.4. The van der Waals surface area contributed by atoms with Gasteiger partial charge < -0.3 is 37.2 Å². The molecule has 5 heteroatoms. The molecule has 0 saturated carbocycles. The van der Waals surface area contributed by atoms with Crippen molar-refractivity contribution in [1.82, 2.24) is 0 Å². The summed E-state index contributed by atoms with van der Waals surface area (Å²) in [5, 5.41) is 0. The first kappa shape index (κ1) is 29.7. The van der Waals surface area contributed by atoms with Crippen LogP contribution in [0, 0.1) is 12.0 Å². The van der Waals surface area contributed by atoms with Crippen LogP contribution in [0.3, 0.4) is 0 Å². The van der Waals surface area contributed by atoms with Crippen LogP contribution in [0.25, 0.3) is 0 Å². The molecule has 0 amide bonds. The second-order valence-electron chi connectivity index (χ2n) is 4.39. The molecule has 0 aromatic heterocycles. The van der Waals surface area contributed by atoms with Gasteiger partial charge in [-0.25, -0.2) is 12.2 Å². The summed E-state index contributed by atoms with van der Waals surface area (Å²) < 4.78 is 0. The monoisotopic (exact) mass is 529 g/mol. The maximum absolute atomic E-state index is 2.99. The van der Waals surface area contributed by atoms with E-state index in [1.807, 2.05) is 12.2 Å². The summed E-state index contributed by atoms with van der Waals surface area (Å²) in [5.74, 6) is 1.52. The Morgan fingerprint density at radius 3 is 2.00 bits per heavy atom. The molecule has 2 rings (SSSR count). The van der Waals surface area contributed by atoms with E-state index in [9.17, 15) is 0 Å². The number of hydrogen-bond donors (Lipinski definition) is 0. The fraction of sp³-hybridized carbons (Fsp3) is 0.312. The maximum Gasteiger partial charge on any atom is 0 e. The van der Waals surface area contributed by atoms with E-state index in [4.69, 9.17) is 0 Å². The fourth-order valence-electron chi connectivity index (χ4n) is 1.63. The molecule has 1 aromatic rings. The Balaban J connectivity index is -0.000000140. The third-order valence-corrected chi connectivity index (χ3v) is 3.51. The molecule has 0 aliphatic heterocycles. The van der Waals surface area contributed by atoms with Gasteiger partial charge in [-0.3, -0.25) is 6.08 Å². The van der Waals surface area contributed by atoms with Gasteiger partial charge in [0, 0.05) is 25.8 Å². The third-order valence-electron chi connectivity index (χ3n) is 2.41. The van der Waals surface area contributed by atoms with E-state index in [0.717, 1.165) is 6.42 Å². The Morgan fingerprint density at radius 1 is 1.10 bits per heavy atom. The predicted molar refractivity (Wildman–Crippen MR) is 79.7 cm³/mol. The minimum atomic E-state index is 0. The summed E-state index contributed by atoms with van der Waals surface area (Å²) in [5.41, 5.74) is 1.40. The summed E-state index contributed by atoms with van der Waals surface area (Å²) in [6.07, 6.45) is 11.3. The topological polar surface area (TPSA) is 0 Å². The molecule has 0 N–H and O–H groups in total. The van der Waals surface area contributed by atoms with Gasteiger partial charge in [0.1, 0.15) is 0 Å². The first-order valence-corrected chi connectivity index (χ1v) is 8.36. The SMILES string of the molecule is C[C-](CP(C)C)c1ccccc1.[C-]1=CC=CC1.[Cl-].[Cl-].[Cl-].[Hf]. The van der Waals surface area contributed by atoms with Crippen LogP contribution >= 0.6 is 7.92 Å². The first-order valence-electron chi connectivity index (χ1n) is 5.94. The van der Waals surface area contributed by atoms with E-state index >= 15 is 0 Å². The molecule has 0 radical (unpaired) electrons. The number of benzene rings is 1. The number of rotatable bonds is 3. The Bertz CT molecular complexity index is 357. The molecule has 0 fully saturated rings. The third kappa shape index (κ3) is 15.4. The molecule has 120 valence electrons. The van der Waals surface area contributed by atoms with Gasteiger partial charge in [-0.2, -0.15) is 29.7 Å². The number of allylic oxidation sites excluding steroid dienone is 4. The molecule has 0 heterocycles. The second kappa shape index (κ2) is 18.8. The van der Waals surface area contributed by atoms with Gasteiger partial charge >= 0.3 is 0 Å². The maximum atomic E-state index is 2.99. The minimum absolute atomic E-state index is 0. The molecule has 0 saturated heterocycles. The summed E-state index contributed by atoms with van der Waals surface area (Å²) >= 11 is 0. The van der Waals surface area contributed by atoms with Crippen LogP contribution in [0.2, 0.25) is 0 Å². The summed E-state index contributed by atoms with van der Waals surface area (Å²) in [6, 6.07) is 10.7. The van der Waals surface area contributed by atoms with Crippen LogP contribution in [-0.4, -0.2) is 19.5 Å². The summed E-state index contributed by atoms with van der Waals surface area (Å²) in [7, 11) is 0.199. The zero-order chi connectivity index (χ0) is 12.5. The van der Waals surface area contributed by atoms with Crippen LogP contribution in [-0.2, 0) is 25.8 Å². The Kier molecular flexibility index (Phi) is 26.6. The van der Waals surface area contributed by atoms with Gasteiger partial charge in [-0.15, -0.1) is 26.5 Å². The molecule has 0 bridgehead atoms. The normalized spacial score (nSPS) is 10.1. The van der Waals surface area contributed by atoms with Crippen LogP contribution in [0.5, 0.6) is 0 Å². The Morgan fingerprint density at radius 2 is 1.67 bits per heavy atom. The van der Waals surface area contributed by atoms with Crippen LogP contribution in [0.1, 0.15) is 18.9 Å². The quantitative estimate of drug-likeness (QED) is 0.212. The molecular formula is C16H21Cl3HfP-5. The van der Waals surface area contributed by atoms with Gasteiger partial charge in [-0.1, -0.05) is 19.2 Å². The average Bonchev–Trinajstić information content (AvgIpc) is 2.88. The first-order chi connectivity index (χ1) is 8.20. The van der Waals surface area contributed by atoms with E-state index in [2.05, 4.69) is 62.7 Å². The molecule has 1 aromatic carbocycles. The van der Waals surface area contributed by atoms with Gasteiger partial charge in [0.2, 0.25) is 0 Å². The van der Waals surface area contributed by atoms with Crippen molar-refractivity contribution in [2.75, 3.05) is 19.5 Å². The fourth-order valence-corrected chi connectivity index (χ4v) is 2.76. The van der Waals surface area contributed by atoms with E-state index in [1.165, 1.54) is 17.6 Å². The average molecular weight is 529 g/mol. The Hall–Kier alpha value is 0.740. The van der Waals surface area contributed by atoms with Crippen molar-refractivity contribution in [2.45, 2.75) is 13.3 Å². The van der Waals surface area contributed by atoms with Crippen molar-refractivity contribution >= 4 is 7.92 Å². The van der Waals surface area contributed by atoms with E-state index in [-0.39, 0.29) is 71.0 Å². The van der Waals surface area contributed by atoms with Crippen LogP contribution in [0.4, 0.5) is 0 Å². The molecule has 0 spiro atoms. The van der Waals surface area contributed by atoms with Gasteiger partial charge in [-0.05, 0) is 13.3 Å². The van der Waals surface area contributed by atoms with Gasteiger partial charge in [0.05, 0.1) is 0 Å². The molecule has 0 atom stereocenters. The predicted octanol–water partition coefficient (Wildman–Crippen LogP) is -4.31. The standard InChI is InChI=1S/C11H16P.C5H5.3ClH.Hf/c1-10(9-12(2)3)11-7-5-4-6-8-11;1-2-4-5-3-1;;;;/h4-8H,9H2,1-3H3;1-3H,4H2;3*1H;/q2*-1;;;;/p-3. The molecule has 1 aliphatic rings. The van der Waals surface area contributed by atoms with Crippen molar-refractivity contribution < 1.29 is 63.1 Å². The van der Waals surface area contributed by atoms with Crippen LogP contribution in [0.15, 0.2) is 48.6 Å². The van der Waals surface area contributed by atoms with Crippen molar-refractivity contribution in [1.29, 1.82) is 0 Å². The number of halogens is 3. The summed E-state index contributed by atoms with van der Waals surface area (Å²) in [6.45, 7) is 6.88. The summed E-state index contributed by atoms with van der Waals surface area (Å²) in [4.78, 5) is 0. The van der Waals surface area contributed by atoms with Crippen molar-refractivity contribution in [3.63, 3.8) is 0 Å². The Labute approximate surface area is 169 Å².